The molecule has 0 atom stereocenters. The second kappa shape index (κ2) is 8.94. The Morgan fingerprint density at radius 3 is 2.47 bits per heavy atom. The van der Waals surface area contributed by atoms with E-state index in [1.54, 1.807) is 6.92 Å². The van der Waals surface area contributed by atoms with Crippen molar-refractivity contribution in [1.82, 2.24) is 5.32 Å². The van der Waals surface area contributed by atoms with Crippen LogP contribution in [-0.2, 0) is 14.3 Å². The van der Waals surface area contributed by atoms with Gasteiger partial charge in [-0.15, -0.1) is 0 Å². The highest BCUT2D eigenvalue weighted by atomic mass is 16.5. The number of nitrogens with one attached hydrogen (secondary N) is 1. The lowest BCUT2D eigenvalue weighted by atomic mass is 9.81. The Hall–Kier alpha value is -1.06. The molecule has 1 N–H and O–H groups in total. The standard InChI is InChI=1S/C15H27NO3/c1-3-19-15(18)9-8-14(17)16-11-10-13-6-4-12(2)5-7-13/h12-13H,3-11H2,1-2H3,(H,16,17). The van der Waals surface area contributed by atoms with Gasteiger partial charge in [-0.1, -0.05) is 32.6 Å². The molecule has 1 saturated carbocycles. The molecule has 1 amide bonds. The highest BCUT2D eigenvalue weighted by Gasteiger charge is 2.17. The minimum absolute atomic E-state index is 0.0442. The van der Waals surface area contributed by atoms with Crippen LogP contribution in [0.25, 0.3) is 0 Å². The quantitative estimate of drug-likeness (QED) is 0.723. The SMILES string of the molecule is CCOC(=O)CCC(=O)NCCC1CCC(C)CC1. The fourth-order valence-electron chi connectivity index (χ4n) is 2.57. The number of rotatable bonds is 7. The van der Waals surface area contributed by atoms with E-state index in [1.807, 2.05) is 0 Å². The van der Waals surface area contributed by atoms with Gasteiger partial charge in [-0.2, -0.15) is 0 Å². The van der Waals surface area contributed by atoms with Crippen LogP contribution in [0.4, 0.5) is 0 Å². The Labute approximate surface area is 116 Å². The van der Waals surface area contributed by atoms with Gasteiger partial charge in [0.2, 0.25) is 5.91 Å². The number of hydrogen-bond acceptors (Lipinski definition) is 3. The van der Waals surface area contributed by atoms with E-state index in [4.69, 9.17) is 4.74 Å². The molecule has 0 aromatic rings. The molecular formula is C15H27NO3. The maximum atomic E-state index is 11.5. The molecule has 0 saturated heterocycles. The van der Waals surface area contributed by atoms with Crippen LogP contribution in [0.5, 0.6) is 0 Å². The predicted molar refractivity (Wildman–Crippen MR) is 74.6 cm³/mol. The summed E-state index contributed by atoms with van der Waals surface area (Å²) in [4.78, 5) is 22.6. The number of ether oxygens (including phenoxy) is 1. The third kappa shape index (κ3) is 7.19. The Morgan fingerprint density at radius 1 is 1.16 bits per heavy atom. The lowest BCUT2D eigenvalue weighted by molar-refractivity contribution is -0.144. The number of amides is 1. The lowest BCUT2D eigenvalue weighted by Crippen LogP contribution is -2.27. The third-order valence-electron chi connectivity index (χ3n) is 3.87. The van der Waals surface area contributed by atoms with E-state index in [2.05, 4.69) is 12.2 Å². The second-order valence-electron chi connectivity index (χ2n) is 5.57. The fourth-order valence-corrected chi connectivity index (χ4v) is 2.57. The Balaban J connectivity index is 2.02. The first kappa shape index (κ1) is 16.0. The third-order valence-corrected chi connectivity index (χ3v) is 3.87. The van der Waals surface area contributed by atoms with Gasteiger partial charge < -0.3 is 10.1 Å². The van der Waals surface area contributed by atoms with E-state index in [0.29, 0.717) is 6.61 Å². The van der Waals surface area contributed by atoms with Crippen molar-refractivity contribution < 1.29 is 14.3 Å². The Kier molecular flexibility index (Phi) is 7.53. The van der Waals surface area contributed by atoms with Gasteiger partial charge in [-0.25, -0.2) is 0 Å². The number of esters is 1. The molecule has 1 rings (SSSR count). The molecule has 0 heterocycles. The molecule has 1 aliphatic rings. The summed E-state index contributed by atoms with van der Waals surface area (Å²) in [5, 5.41) is 2.89. The van der Waals surface area contributed by atoms with Crippen molar-refractivity contribution in [3.63, 3.8) is 0 Å². The van der Waals surface area contributed by atoms with Gasteiger partial charge in [0.05, 0.1) is 13.0 Å². The molecule has 19 heavy (non-hydrogen) atoms. The average molecular weight is 269 g/mol. The summed E-state index contributed by atoms with van der Waals surface area (Å²) in [6, 6.07) is 0. The van der Waals surface area contributed by atoms with E-state index in [9.17, 15) is 9.59 Å². The molecule has 0 aliphatic heterocycles. The molecule has 0 bridgehead atoms. The van der Waals surface area contributed by atoms with Gasteiger partial charge in [0.1, 0.15) is 0 Å². The van der Waals surface area contributed by atoms with Gasteiger partial charge in [0.15, 0.2) is 0 Å². The summed E-state index contributed by atoms with van der Waals surface area (Å²) >= 11 is 0. The monoisotopic (exact) mass is 269 g/mol. The molecule has 1 aliphatic carbocycles. The van der Waals surface area contributed by atoms with E-state index in [1.165, 1.54) is 25.7 Å². The molecular weight excluding hydrogens is 242 g/mol. The van der Waals surface area contributed by atoms with Crippen molar-refractivity contribution >= 4 is 11.9 Å². The van der Waals surface area contributed by atoms with Gasteiger partial charge in [0.25, 0.3) is 0 Å². The van der Waals surface area contributed by atoms with Gasteiger partial charge in [-0.05, 0) is 25.2 Å². The first-order valence-corrected chi connectivity index (χ1v) is 7.54. The normalized spacial score (nSPS) is 22.8. The summed E-state index contributed by atoms with van der Waals surface area (Å²) in [5.41, 5.74) is 0. The maximum Gasteiger partial charge on any atom is 0.306 e. The molecule has 0 spiro atoms. The van der Waals surface area contributed by atoms with Crippen molar-refractivity contribution in [3.8, 4) is 0 Å². The molecule has 4 nitrogen and oxygen atoms in total. The van der Waals surface area contributed by atoms with E-state index >= 15 is 0 Å². The van der Waals surface area contributed by atoms with Crippen LogP contribution in [0.1, 0.15) is 58.8 Å². The summed E-state index contributed by atoms with van der Waals surface area (Å²) in [5.74, 6) is 1.30. The van der Waals surface area contributed by atoms with Crippen molar-refractivity contribution in [2.45, 2.75) is 58.8 Å². The van der Waals surface area contributed by atoms with Crippen molar-refractivity contribution in [2.24, 2.45) is 11.8 Å². The molecule has 0 radical (unpaired) electrons. The minimum atomic E-state index is -0.293. The van der Waals surface area contributed by atoms with Gasteiger partial charge in [0, 0.05) is 13.0 Å². The largest absolute Gasteiger partial charge is 0.466 e. The Morgan fingerprint density at radius 2 is 1.84 bits per heavy atom. The van der Waals surface area contributed by atoms with E-state index in [-0.39, 0.29) is 24.7 Å². The fraction of sp³-hybridized carbons (Fsp3) is 0.867. The smallest absolute Gasteiger partial charge is 0.306 e. The highest BCUT2D eigenvalue weighted by molar-refractivity contribution is 5.81. The lowest BCUT2D eigenvalue weighted by Gasteiger charge is -2.26. The van der Waals surface area contributed by atoms with Crippen molar-refractivity contribution in [2.75, 3.05) is 13.2 Å². The summed E-state index contributed by atoms with van der Waals surface area (Å²) in [6.45, 7) is 5.19. The zero-order chi connectivity index (χ0) is 14.1. The highest BCUT2D eigenvalue weighted by Crippen LogP contribution is 2.29. The van der Waals surface area contributed by atoms with Crippen molar-refractivity contribution in [3.05, 3.63) is 0 Å². The van der Waals surface area contributed by atoms with Crippen LogP contribution >= 0.6 is 0 Å². The van der Waals surface area contributed by atoms with Crippen LogP contribution in [0.2, 0.25) is 0 Å². The summed E-state index contributed by atoms with van der Waals surface area (Å²) < 4.78 is 4.78. The molecule has 4 heteroatoms. The summed E-state index contributed by atoms with van der Waals surface area (Å²) in [7, 11) is 0. The minimum Gasteiger partial charge on any atom is -0.466 e. The van der Waals surface area contributed by atoms with Gasteiger partial charge in [-0.3, -0.25) is 9.59 Å². The van der Waals surface area contributed by atoms with Crippen LogP contribution < -0.4 is 5.32 Å². The zero-order valence-electron chi connectivity index (χ0n) is 12.2. The van der Waals surface area contributed by atoms with Crippen molar-refractivity contribution in [1.29, 1.82) is 0 Å². The number of hydrogen-bond donors (Lipinski definition) is 1. The number of carbonyl (C=O) groups is 2. The van der Waals surface area contributed by atoms with E-state index < -0.39 is 0 Å². The van der Waals surface area contributed by atoms with Crippen LogP contribution in [0.15, 0.2) is 0 Å². The molecule has 0 aromatic heterocycles. The molecule has 1 fully saturated rings. The predicted octanol–water partition coefficient (Wildman–Crippen LogP) is 2.66. The van der Waals surface area contributed by atoms with Crippen LogP contribution in [0, 0.1) is 11.8 Å². The molecule has 110 valence electrons. The topological polar surface area (TPSA) is 55.4 Å². The van der Waals surface area contributed by atoms with Crippen LogP contribution in [-0.4, -0.2) is 25.0 Å². The molecule has 0 aromatic carbocycles. The second-order valence-corrected chi connectivity index (χ2v) is 5.57. The van der Waals surface area contributed by atoms with Gasteiger partial charge >= 0.3 is 5.97 Å². The Bertz CT molecular complexity index is 283. The zero-order valence-corrected chi connectivity index (χ0v) is 12.2. The maximum absolute atomic E-state index is 11.5. The van der Waals surface area contributed by atoms with Crippen LogP contribution in [0.3, 0.4) is 0 Å². The first-order chi connectivity index (χ1) is 9.11. The summed E-state index contributed by atoms with van der Waals surface area (Å²) in [6.07, 6.45) is 6.71. The average Bonchev–Trinajstić information content (AvgIpc) is 2.39. The number of carbonyl (C=O) groups excluding carboxylic acids is 2. The van der Waals surface area contributed by atoms with E-state index in [0.717, 1.165) is 24.8 Å². The molecule has 0 unspecified atom stereocenters. The first-order valence-electron chi connectivity index (χ1n) is 7.54.